The van der Waals surface area contributed by atoms with Crippen LogP contribution < -0.4 is 5.32 Å². The summed E-state index contributed by atoms with van der Waals surface area (Å²) in [6, 6.07) is 7.00. The summed E-state index contributed by atoms with van der Waals surface area (Å²) in [6.45, 7) is 2.52. The first kappa shape index (κ1) is 13.5. The van der Waals surface area contributed by atoms with Crippen LogP contribution in [0.1, 0.15) is 16.3 Å². The van der Waals surface area contributed by atoms with E-state index in [9.17, 15) is 4.79 Å². The van der Waals surface area contributed by atoms with E-state index < -0.39 is 0 Å². The summed E-state index contributed by atoms with van der Waals surface area (Å²) in [6.07, 6.45) is 1.09. The molecule has 100 valence electrons. The van der Waals surface area contributed by atoms with Crippen LogP contribution >= 0.6 is 11.3 Å². The van der Waals surface area contributed by atoms with Gasteiger partial charge < -0.3 is 10.4 Å². The highest BCUT2D eigenvalue weighted by atomic mass is 32.1. The lowest BCUT2D eigenvalue weighted by atomic mass is 10.1. The number of phenols is 1. The zero-order chi connectivity index (χ0) is 13.7. The number of rotatable bonds is 5. The maximum Gasteiger partial charge on any atom is 0.226 e. The third-order valence-corrected chi connectivity index (χ3v) is 3.50. The minimum atomic E-state index is -0.0101. The van der Waals surface area contributed by atoms with Crippen molar-refractivity contribution in [3.8, 4) is 5.75 Å². The van der Waals surface area contributed by atoms with Crippen molar-refractivity contribution in [3.05, 3.63) is 45.9 Å². The predicted molar refractivity (Wildman–Crippen MR) is 75.4 cm³/mol. The number of aromatic hydroxyl groups is 1. The molecule has 0 aliphatic carbocycles. The van der Waals surface area contributed by atoms with E-state index in [0.717, 1.165) is 22.7 Å². The average Bonchev–Trinajstić information content (AvgIpc) is 2.77. The van der Waals surface area contributed by atoms with Crippen LogP contribution in [0.3, 0.4) is 0 Å². The Kier molecular flexibility index (Phi) is 4.52. The second-order valence-electron chi connectivity index (χ2n) is 4.30. The topological polar surface area (TPSA) is 62.2 Å². The van der Waals surface area contributed by atoms with E-state index in [1.54, 1.807) is 23.5 Å². The first-order valence-electron chi connectivity index (χ1n) is 6.09. The Morgan fingerprint density at radius 2 is 2.11 bits per heavy atom. The van der Waals surface area contributed by atoms with Crippen LogP contribution in [0.2, 0.25) is 0 Å². The first-order chi connectivity index (χ1) is 9.13. The van der Waals surface area contributed by atoms with Gasteiger partial charge in [0.1, 0.15) is 5.75 Å². The molecular weight excluding hydrogens is 260 g/mol. The Balaban J connectivity index is 1.73. The zero-order valence-corrected chi connectivity index (χ0v) is 11.5. The number of amides is 1. The Labute approximate surface area is 116 Å². The summed E-state index contributed by atoms with van der Waals surface area (Å²) >= 11 is 1.55. The van der Waals surface area contributed by atoms with Crippen LogP contribution in [0.15, 0.2) is 29.6 Å². The van der Waals surface area contributed by atoms with Gasteiger partial charge in [0, 0.05) is 11.9 Å². The van der Waals surface area contributed by atoms with Gasteiger partial charge in [0.15, 0.2) is 0 Å². The molecule has 0 fully saturated rings. The molecule has 2 N–H and O–H groups in total. The van der Waals surface area contributed by atoms with E-state index in [4.69, 9.17) is 5.11 Å². The molecule has 0 unspecified atom stereocenters. The van der Waals surface area contributed by atoms with E-state index in [1.165, 1.54) is 0 Å². The van der Waals surface area contributed by atoms with Gasteiger partial charge in [0.25, 0.3) is 0 Å². The Hall–Kier alpha value is -1.88. The van der Waals surface area contributed by atoms with E-state index in [-0.39, 0.29) is 11.7 Å². The Morgan fingerprint density at radius 3 is 2.74 bits per heavy atom. The molecule has 0 saturated heterocycles. The number of benzene rings is 1. The molecule has 0 aliphatic heterocycles. The van der Waals surface area contributed by atoms with Crippen molar-refractivity contribution in [2.45, 2.75) is 19.8 Å². The van der Waals surface area contributed by atoms with Crippen LogP contribution in [-0.2, 0) is 17.6 Å². The van der Waals surface area contributed by atoms with E-state index in [1.807, 2.05) is 24.4 Å². The fraction of sp³-hybridized carbons (Fsp3) is 0.286. The van der Waals surface area contributed by atoms with E-state index >= 15 is 0 Å². The molecule has 2 rings (SSSR count). The first-order valence-corrected chi connectivity index (χ1v) is 6.97. The SMILES string of the molecule is Cc1nc(CC(=O)NCCc2ccc(O)cc2)cs1. The van der Waals surface area contributed by atoms with Crippen molar-refractivity contribution in [2.24, 2.45) is 0 Å². The van der Waals surface area contributed by atoms with Crippen LogP contribution in [0, 0.1) is 6.92 Å². The molecule has 0 aliphatic rings. The molecule has 1 aromatic carbocycles. The highest BCUT2D eigenvalue weighted by Crippen LogP contribution is 2.10. The number of nitrogens with one attached hydrogen (secondary N) is 1. The van der Waals surface area contributed by atoms with Gasteiger partial charge in [-0.1, -0.05) is 12.1 Å². The van der Waals surface area contributed by atoms with Gasteiger partial charge in [-0.3, -0.25) is 4.79 Å². The number of aryl methyl sites for hydroxylation is 1. The zero-order valence-electron chi connectivity index (χ0n) is 10.7. The smallest absolute Gasteiger partial charge is 0.226 e. The second kappa shape index (κ2) is 6.33. The molecule has 0 saturated carbocycles. The Morgan fingerprint density at radius 1 is 1.37 bits per heavy atom. The summed E-state index contributed by atoms with van der Waals surface area (Å²) in [5.74, 6) is 0.246. The molecule has 0 spiro atoms. The van der Waals surface area contributed by atoms with Gasteiger partial charge >= 0.3 is 0 Å². The molecule has 1 heterocycles. The average molecular weight is 276 g/mol. The fourth-order valence-electron chi connectivity index (χ4n) is 1.73. The molecule has 5 heteroatoms. The quantitative estimate of drug-likeness (QED) is 0.878. The maximum absolute atomic E-state index is 11.7. The number of phenolic OH excluding ortho intramolecular Hbond substituents is 1. The Bertz CT molecular complexity index is 549. The largest absolute Gasteiger partial charge is 0.508 e. The normalized spacial score (nSPS) is 10.4. The van der Waals surface area contributed by atoms with Gasteiger partial charge in [0.2, 0.25) is 5.91 Å². The van der Waals surface area contributed by atoms with E-state index in [2.05, 4.69) is 10.3 Å². The monoisotopic (exact) mass is 276 g/mol. The van der Waals surface area contributed by atoms with Gasteiger partial charge in [-0.2, -0.15) is 0 Å². The summed E-state index contributed by atoms with van der Waals surface area (Å²) in [7, 11) is 0. The highest BCUT2D eigenvalue weighted by Gasteiger charge is 2.05. The van der Waals surface area contributed by atoms with Gasteiger partial charge in [-0.15, -0.1) is 11.3 Å². The number of hydrogen-bond acceptors (Lipinski definition) is 4. The molecule has 0 atom stereocenters. The lowest BCUT2D eigenvalue weighted by molar-refractivity contribution is -0.120. The lowest BCUT2D eigenvalue weighted by Crippen LogP contribution is -2.27. The molecule has 0 bridgehead atoms. The van der Waals surface area contributed by atoms with Crippen LogP contribution in [0.5, 0.6) is 5.75 Å². The summed E-state index contributed by atoms with van der Waals surface area (Å²) < 4.78 is 0. The summed E-state index contributed by atoms with van der Waals surface area (Å²) in [4.78, 5) is 15.9. The lowest BCUT2D eigenvalue weighted by Gasteiger charge is -2.04. The van der Waals surface area contributed by atoms with Gasteiger partial charge in [0.05, 0.1) is 17.1 Å². The minimum Gasteiger partial charge on any atom is -0.508 e. The van der Waals surface area contributed by atoms with E-state index in [0.29, 0.717) is 13.0 Å². The molecule has 19 heavy (non-hydrogen) atoms. The standard InChI is InChI=1S/C14H16N2O2S/c1-10-16-12(9-19-10)8-14(18)15-7-6-11-2-4-13(17)5-3-11/h2-5,9,17H,6-8H2,1H3,(H,15,18). The fourth-order valence-corrected chi connectivity index (χ4v) is 2.34. The number of nitrogens with zero attached hydrogens (tertiary/aromatic N) is 1. The van der Waals surface area contributed by atoms with Crippen LogP contribution in [0.25, 0.3) is 0 Å². The molecule has 1 amide bonds. The number of thiazole rings is 1. The van der Waals surface area contributed by atoms with Crippen molar-refractivity contribution >= 4 is 17.2 Å². The van der Waals surface area contributed by atoms with Crippen molar-refractivity contribution in [3.63, 3.8) is 0 Å². The van der Waals surface area contributed by atoms with Gasteiger partial charge in [-0.25, -0.2) is 4.98 Å². The molecule has 1 aromatic heterocycles. The van der Waals surface area contributed by atoms with Crippen molar-refractivity contribution in [2.75, 3.05) is 6.54 Å². The number of carbonyl (C=O) groups excluding carboxylic acids is 1. The third-order valence-electron chi connectivity index (χ3n) is 2.68. The van der Waals surface area contributed by atoms with Crippen LogP contribution in [0.4, 0.5) is 0 Å². The highest BCUT2D eigenvalue weighted by molar-refractivity contribution is 7.09. The van der Waals surface area contributed by atoms with Crippen LogP contribution in [-0.4, -0.2) is 22.5 Å². The maximum atomic E-state index is 11.7. The molecule has 4 nitrogen and oxygen atoms in total. The van der Waals surface area contributed by atoms with Crippen molar-refractivity contribution < 1.29 is 9.90 Å². The van der Waals surface area contributed by atoms with Crippen molar-refractivity contribution in [1.82, 2.24) is 10.3 Å². The number of carbonyl (C=O) groups is 1. The second-order valence-corrected chi connectivity index (χ2v) is 5.36. The predicted octanol–water partition coefficient (Wildman–Crippen LogP) is 2.06. The minimum absolute atomic E-state index is 0.0101. The third kappa shape index (κ3) is 4.37. The molecule has 0 radical (unpaired) electrons. The number of aromatic nitrogens is 1. The molecule has 2 aromatic rings. The van der Waals surface area contributed by atoms with Gasteiger partial charge in [-0.05, 0) is 31.0 Å². The van der Waals surface area contributed by atoms with Crippen molar-refractivity contribution in [1.29, 1.82) is 0 Å². The molecular formula is C14H16N2O2S. The summed E-state index contributed by atoms with van der Waals surface area (Å²) in [5.41, 5.74) is 1.91. The summed E-state index contributed by atoms with van der Waals surface area (Å²) in [5, 5.41) is 14.9. The number of hydrogen-bond donors (Lipinski definition) is 2.